The third-order valence-electron chi connectivity index (χ3n) is 6.08. The van der Waals surface area contributed by atoms with E-state index in [1.165, 1.54) is 15.9 Å². The third kappa shape index (κ3) is 16.8. The van der Waals surface area contributed by atoms with E-state index in [2.05, 4.69) is 151 Å². The monoisotopic (exact) mass is 660 g/mol. The number of hydrogen-bond donors (Lipinski definition) is 0. The highest BCUT2D eigenvalue weighted by atomic mass is 31.1. The fourth-order valence-electron chi connectivity index (χ4n) is 4.20. The fraction of sp³-hybridized carbons (Fsp3) is 0.182. The Labute approximate surface area is 290 Å². The Kier molecular flexibility index (Phi) is 25.5. The van der Waals surface area contributed by atoms with Gasteiger partial charge in [0, 0.05) is 13.2 Å². The average molecular weight is 661 g/mol. The molecule has 3 heteroatoms. The number of terminal acetylenes is 1. The van der Waals surface area contributed by atoms with Crippen LogP contribution in [0, 0.1) is 12.3 Å². The van der Waals surface area contributed by atoms with E-state index in [-0.39, 0.29) is 0 Å². The molecule has 1 aromatic rings. The van der Waals surface area contributed by atoms with Gasteiger partial charge in [0.25, 0.3) is 0 Å². The molecule has 0 radical (unpaired) electrons. The Hall–Kier alpha value is -4.20. The van der Waals surface area contributed by atoms with Crippen LogP contribution in [0.5, 0.6) is 0 Å². The molecule has 1 rings (SSSR count). The predicted octanol–water partition coefficient (Wildman–Crippen LogP) is 14.0. The van der Waals surface area contributed by atoms with E-state index in [1.807, 2.05) is 49.4 Å². The SMILES string of the molecule is C#CC.C=C/C=C\C=C(\OC(/C=C\C=C)=C(/C)P(/C(C)=C/C/C=C\CC)C(/C=C\C)=C/C=C)P(C(/C=C\C)=C/C=C)c1ccccc1. The first-order valence-electron chi connectivity index (χ1n) is 15.8. The minimum Gasteiger partial charge on any atom is -0.456 e. The van der Waals surface area contributed by atoms with Crippen LogP contribution in [0.2, 0.25) is 0 Å². The van der Waals surface area contributed by atoms with Crippen LogP contribution in [0.15, 0.2) is 199 Å². The number of allylic oxidation sites excluding steroid dienone is 22. The second kappa shape index (κ2) is 28.1. The van der Waals surface area contributed by atoms with Gasteiger partial charge in [-0.05, 0) is 88.8 Å². The van der Waals surface area contributed by atoms with Crippen molar-refractivity contribution < 1.29 is 4.74 Å². The molecular formula is C44H54OP2. The van der Waals surface area contributed by atoms with E-state index in [1.54, 1.807) is 19.1 Å². The van der Waals surface area contributed by atoms with E-state index >= 15 is 0 Å². The van der Waals surface area contributed by atoms with Crippen LogP contribution in [0.3, 0.4) is 0 Å². The molecule has 0 amide bonds. The smallest absolute Gasteiger partial charge is 0.135 e. The summed E-state index contributed by atoms with van der Waals surface area (Å²) in [6.45, 7) is 28.1. The molecule has 0 saturated carbocycles. The molecule has 2 unspecified atom stereocenters. The molecule has 2 atom stereocenters. The van der Waals surface area contributed by atoms with Gasteiger partial charge in [-0.2, -0.15) is 0 Å². The van der Waals surface area contributed by atoms with E-state index in [9.17, 15) is 0 Å². The maximum atomic E-state index is 7.07. The Morgan fingerprint density at radius 3 is 1.96 bits per heavy atom. The van der Waals surface area contributed by atoms with Crippen LogP contribution >= 0.6 is 15.8 Å². The summed E-state index contributed by atoms with van der Waals surface area (Å²) in [6.07, 6.45) is 43.1. The lowest BCUT2D eigenvalue weighted by molar-refractivity contribution is 0.350. The lowest BCUT2D eigenvalue weighted by Crippen LogP contribution is -2.06. The standard InChI is InChI=1S/C41H50OP2.C3H4/c1-10-17-20-23-30-35(8)43(37(26-13-4)27-14-5)36(9)40(33-19-12-3)42-41(34-22-18-11-2)44(38(28-15-6)29-16-7)39-31-24-21-25-32-39;1-3-2/h11-22,24-34H,2-4,6,10,23H2,1,5,7-9H3;1H,2H3/b20-17-,22-18-,27-14-,29-16-,33-19-,35-30+,37-26+,38-28+,40-36-,41-34-;. The summed E-state index contributed by atoms with van der Waals surface area (Å²) >= 11 is 0. The first kappa shape index (κ1) is 42.8. The Balaban J connectivity index is 0.00000677. The highest BCUT2D eigenvalue weighted by molar-refractivity contribution is 7.73. The van der Waals surface area contributed by atoms with Crippen molar-refractivity contribution in [3.8, 4) is 12.3 Å². The number of benzene rings is 1. The second-order valence-electron chi connectivity index (χ2n) is 9.68. The van der Waals surface area contributed by atoms with Gasteiger partial charge in [-0.3, -0.25) is 0 Å². The van der Waals surface area contributed by atoms with Crippen molar-refractivity contribution in [2.45, 2.75) is 54.4 Å². The molecule has 0 bridgehead atoms. The van der Waals surface area contributed by atoms with Crippen LogP contribution in [0.25, 0.3) is 0 Å². The normalized spacial score (nSPS) is 14.9. The Morgan fingerprint density at radius 1 is 0.809 bits per heavy atom. The quantitative estimate of drug-likeness (QED) is 0.0472. The summed E-state index contributed by atoms with van der Waals surface area (Å²) in [4.78, 5) is 0. The minimum absolute atomic E-state index is 0.799. The molecular weight excluding hydrogens is 606 g/mol. The first-order valence-corrected chi connectivity index (χ1v) is 18.5. The zero-order chi connectivity index (χ0) is 35.3. The van der Waals surface area contributed by atoms with Gasteiger partial charge < -0.3 is 4.74 Å². The van der Waals surface area contributed by atoms with Gasteiger partial charge >= 0.3 is 0 Å². The van der Waals surface area contributed by atoms with E-state index < -0.39 is 15.8 Å². The highest BCUT2D eigenvalue weighted by Crippen LogP contribution is 2.61. The summed E-state index contributed by atoms with van der Waals surface area (Å²) in [6, 6.07) is 10.5. The molecule has 1 aromatic carbocycles. The summed E-state index contributed by atoms with van der Waals surface area (Å²) in [5.41, 5.74) is 0.848. The van der Waals surface area contributed by atoms with Crippen molar-refractivity contribution >= 4 is 21.1 Å². The van der Waals surface area contributed by atoms with Gasteiger partial charge in [0.15, 0.2) is 0 Å². The molecule has 0 fully saturated rings. The molecule has 1 nitrogen and oxygen atoms in total. The van der Waals surface area contributed by atoms with Crippen LogP contribution in [0.1, 0.15) is 54.4 Å². The maximum absolute atomic E-state index is 7.07. The highest BCUT2D eigenvalue weighted by Gasteiger charge is 2.25. The van der Waals surface area contributed by atoms with Crippen molar-refractivity contribution in [3.05, 3.63) is 199 Å². The van der Waals surface area contributed by atoms with Gasteiger partial charge in [0.2, 0.25) is 0 Å². The summed E-state index contributed by atoms with van der Waals surface area (Å²) in [7, 11) is -1.94. The van der Waals surface area contributed by atoms with Crippen LogP contribution in [-0.4, -0.2) is 0 Å². The average Bonchev–Trinajstić information content (AvgIpc) is 3.06. The van der Waals surface area contributed by atoms with Gasteiger partial charge in [-0.15, -0.1) is 12.3 Å². The van der Waals surface area contributed by atoms with Crippen LogP contribution in [-0.2, 0) is 4.74 Å². The van der Waals surface area contributed by atoms with Gasteiger partial charge in [0.1, 0.15) is 11.3 Å². The lowest BCUT2D eigenvalue weighted by Gasteiger charge is -2.27. The molecule has 0 aromatic heterocycles. The largest absolute Gasteiger partial charge is 0.456 e. The van der Waals surface area contributed by atoms with Crippen LogP contribution in [0.4, 0.5) is 0 Å². The lowest BCUT2D eigenvalue weighted by atomic mass is 10.3. The van der Waals surface area contributed by atoms with Crippen molar-refractivity contribution in [2.75, 3.05) is 0 Å². The molecule has 47 heavy (non-hydrogen) atoms. The van der Waals surface area contributed by atoms with E-state index in [0.717, 1.165) is 34.7 Å². The maximum Gasteiger partial charge on any atom is 0.135 e. The zero-order valence-electron chi connectivity index (χ0n) is 29.4. The van der Waals surface area contributed by atoms with Gasteiger partial charge in [-0.25, -0.2) is 0 Å². The van der Waals surface area contributed by atoms with Crippen LogP contribution < -0.4 is 5.30 Å². The van der Waals surface area contributed by atoms with Crippen molar-refractivity contribution in [3.63, 3.8) is 0 Å². The fourth-order valence-corrected chi connectivity index (χ4v) is 8.96. The molecule has 0 aliphatic carbocycles. The molecule has 0 N–H and O–H groups in total. The third-order valence-corrected chi connectivity index (χ3v) is 11.0. The van der Waals surface area contributed by atoms with Gasteiger partial charge in [-0.1, -0.05) is 161 Å². The van der Waals surface area contributed by atoms with Crippen molar-refractivity contribution in [2.24, 2.45) is 0 Å². The molecule has 246 valence electrons. The molecule has 0 saturated heterocycles. The van der Waals surface area contributed by atoms with Crippen molar-refractivity contribution in [1.82, 2.24) is 0 Å². The molecule has 0 aliphatic rings. The van der Waals surface area contributed by atoms with Gasteiger partial charge in [0.05, 0.1) is 0 Å². The van der Waals surface area contributed by atoms with Crippen molar-refractivity contribution in [1.29, 1.82) is 0 Å². The topological polar surface area (TPSA) is 9.23 Å². The summed E-state index contributed by atoms with van der Waals surface area (Å²) < 4.78 is 7.07. The number of hydrogen-bond acceptors (Lipinski definition) is 1. The first-order chi connectivity index (χ1) is 22.8. The molecule has 0 aliphatic heterocycles. The Bertz CT molecular complexity index is 1470. The van der Waals surface area contributed by atoms with E-state index in [0.29, 0.717) is 0 Å². The second-order valence-corrected chi connectivity index (χ2v) is 14.4. The molecule has 0 heterocycles. The molecule has 0 spiro atoms. The Morgan fingerprint density at radius 2 is 1.40 bits per heavy atom. The number of rotatable bonds is 19. The summed E-state index contributed by atoms with van der Waals surface area (Å²) in [5.74, 6) is 3.05. The van der Waals surface area contributed by atoms with E-state index in [4.69, 9.17) is 4.74 Å². The zero-order valence-corrected chi connectivity index (χ0v) is 31.2. The predicted molar refractivity (Wildman–Crippen MR) is 219 cm³/mol. The minimum atomic E-state index is -1.06. The number of ether oxygens (including phenoxy) is 1. The summed E-state index contributed by atoms with van der Waals surface area (Å²) in [5, 5.41) is 5.98.